The van der Waals surface area contributed by atoms with Gasteiger partial charge >= 0.3 is 12.3 Å². The van der Waals surface area contributed by atoms with Crippen molar-refractivity contribution in [2.75, 3.05) is 0 Å². The van der Waals surface area contributed by atoms with Crippen molar-refractivity contribution in [3.63, 3.8) is 0 Å². The van der Waals surface area contributed by atoms with Gasteiger partial charge in [0.05, 0.1) is 11.6 Å². The Bertz CT molecular complexity index is 839. The number of hydrogen-bond acceptors (Lipinski definition) is 1. The standard InChI is InChI=1S/C19H16F3NO2/c20-19(21,22)14-4-1-11(2-5-14)12-3-6-15-13(9-12)10-18(7-8-18)16(15)23-17(24)25/h1-6,9,16,23H,7-8,10H2,(H,24,25). The van der Waals surface area contributed by atoms with E-state index in [0.29, 0.717) is 0 Å². The van der Waals surface area contributed by atoms with Crippen LogP contribution in [-0.4, -0.2) is 11.2 Å². The lowest BCUT2D eigenvalue weighted by atomic mass is 9.97. The molecule has 2 aliphatic carbocycles. The van der Waals surface area contributed by atoms with E-state index < -0.39 is 17.8 Å². The molecule has 1 atom stereocenters. The first-order valence-corrected chi connectivity index (χ1v) is 8.08. The first kappa shape index (κ1) is 16.0. The molecule has 0 heterocycles. The zero-order valence-corrected chi connectivity index (χ0v) is 13.2. The predicted molar refractivity (Wildman–Crippen MR) is 86.2 cm³/mol. The summed E-state index contributed by atoms with van der Waals surface area (Å²) in [6.45, 7) is 0. The number of amides is 1. The van der Waals surface area contributed by atoms with E-state index in [0.717, 1.165) is 53.6 Å². The van der Waals surface area contributed by atoms with Crippen LogP contribution in [0.2, 0.25) is 0 Å². The second kappa shape index (κ2) is 5.25. The Kier molecular flexibility index (Phi) is 3.36. The quantitative estimate of drug-likeness (QED) is 0.802. The van der Waals surface area contributed by atoms with E-state index in [9.17, 15) is 18.0 Å². The van der Waals surface area contributed by atoms with E-state index in [4.69, 9.17) is 5.11 Å². The van der Waals surface area contributed by atoms with Gasteiger partial charge in [-0.2, -0.15) is 13.2 Å². The minimum Gasteiger partial charge on any atom is -0.465 e. The molecule has 0 aromatic heterocycles. The Hall–Kier alpha value is -2.50. The number of rotatable bonds is 2. The largest absolute Gasteiger partial charge is 0.465 e. The molecule has 1 amide bonds. The van der Waals surface area contributed by atoms with Gasteiger partial charge < -0.3 is 10.4 Å². The molecule has 25 heavy (non-hydrogen) atoms. The third kappa shape index (κ3) is 2.75. The highest BCUT2D eigenvalue weighted by atomic mass is 19.4. The van der Waals surface area contributed by atoms with Crippen molar-refractivity contribution < 1.29 is 23.1 Å². The summed E-state index contributed by atoms with van der Waals surface area (Å²) in [6.07, 6.45) is -2.59. The second-order valence-electron chi connectivity index (χ2n) is 6.91. The zero-order chi connectivity index (χ0) is 17.8. The van der Waals surface area contributed by atoms with Gasteiger partial charge in [0.1, 0.15) is 0 Å². The Morgan fingerprint density at radius 3 is 2.28 bits per heavy atom. The Morgan fingerprint density at radius 2 is 1.72 bits per heavy atom. The van der Waals surface area contributed by atoms with Crippen molar-refractivity contribution in [3.05, 3.63) is 59.2 Å². The van der Waals surface area contributed by atoms with E-state index in [1.54, 1.807) is 0 Å². The molecular weight excluding hydrogens is 331 g/mol. The smallest absolute Gasteiger partial charge is 0.416 e. The molecule has 2 aromatic rings. The van der Waals surface area contributed by atoms with Crippen molar-refractivity contribution in [2.45, 2.75) is 31.5 Å². The second-order valence-corrected chi connectivity index (χ2v) is 6.91. The first-order chi connectivity index (χ1) is 11.8. The lowest BCUT2D eigenvalue weighted by Gasteiger charge is -2.19. The van der Waals surface area contributed by atoms with Gasteiger partial charge in [0, 0.05) is 0 Å². The van der Waals surface area contributed by atoms with Gasteiger partial charge in [0.2, 0.25) is 0 Å². The molecular formula is C19H16F3NO2. The summed E-state index contributed by atoms with van der Waals surface area (Å²) in [4.78, 5) is 11.1. The van der Waals surface area contributed by atoms with Crippen LogP contribution in [0.4, 0.5) is 18.0 Å². The van der Waals surface area contributed by atoms with Gasteiger partial charge in [-0.3, -0.25) is 0 Å². The molecule has 130 valence electrons. The molecule has 1 saturated carbocycles. The fourth-order valence-corrected chi connectivity index (χ4v) is 3.86. The number of hydrogen-bond donors (Lipinski definition) is 2. The Morgan fingerprint density at radius 1 is 1.08 bits per heavy atom. The molecule has 0 bridgehead atoms. The summed E-state index contributed by atoms with van der Waals surface area (Å²) < 4.78 is 38.1. The molecule has 1 fully saturated rings. The van der Waals surface area contributed by atoms with Crippen LogP contribution < -0.4 is 5.32 Å². The summed E-state index contributed by atoms with van der Waals surface area (Å²) in [5, 5.41) is 11.7. The van der Waals surface area contributed by atoms with E-state index in [-0.39, 0.29) is 11.5 Å². The summed E-state index contributed by atoms with van der Waals surface area (Å²) in [6, 6.07) is 10.6. The third-order valence-electron chi connectivity index (χ3n) is 5.31. The molecule has 2 N–H and O–H groups in total. The molecule has 0 saturated heterocycles. The SMILES string of the molecule is O=C(O)NC1c2ccc(-c3ccc(C(F)(F)F)cc3)cc2CC12CC2. The van der Waals surface area contributed by atoms with E-state index >= 15 is 0 Å². The van der Waals surface area contributed by atoms with Crippen LogP contribution >= 0.6 is 0 Å². The zero-order valence-electron chi connectivity index (χ0n) is 13.2. The highest BCUT2D eigenvalue weighted by molar-refractivity contribution is 5.69. The van der Waals surface area contributed by atoms with Crippen molar-refractivity contribution in [2.24, 2.45) is 5.41 Å². The number of carbonyl (C=O) groups is 1. The summed E-state index contributed by atoms with van der Waals surface area (Å²) in [5.74, 6) is 0. The van der Waals surface area contributed by atoms with Gasteiger partial charge in [-0.15, -0.1) is 0 Å². The van der Waals surface area contributed by atoms with E-state index in [2.05, 4.69) is 5.32 Å². The van der Waals surface area contributed by atoms with Crippen LogP contribution in [0.25, 0.3) is 11.1 Å². The lowest BCUT2D eigenvalue weighted by Crippen LogP contribution is -2.30. The number of fused-ring (bicyclic) bond motifs is 1. The maximum absolute atomic E-state index is 12.7. The van der Waals surface area contributed by atoms with Gasteiger partial charge in [0.25, 0.3) is 0 Å². The lowest BCUT2D eigenvalue weighted by molar-refractivity contribution is -0.137. The molecule has 2 aliphatic rings. The van der Waals surface area contributed by atoms with E-state index in [1.165, 1.54) is 12.1 Å². The van der Waals surface area contributed by atoms with Crippen molar-refractivity contribution in [3.8, 4) is 11.1 Å². The van der Waals surface area contributed by atoms with Crippen molar-refractivity contribution >= 4 is 6.09 Å². The van der Waals surface area contributed by atoms with Crippen molar-refractivity contribution in [1.29, 1.82) is 0 Å². The molecule has 6 heteroatoms. The molecule has 1 spiro atoms. The number of benzene rings is 2. The minimum absolute atomic E-state index is 0.0144. The Balaban J connectivity index is 1.66. The Labute approximate surface area is 142 Å². The van der Waals surface area contributed by atoms with Crippen LogP contribution in [-0.2, 0) is 12.6 Å². The maximum Gasteiger partial charge on any atom is 0.416 e. The topological polar surface area (TPSA) is 49.3 Å². The highest BCUT2D eigenvalue weighted by Gasteiger charge is 2.55. The minimum atomic E-state index is -4.34. The van der Waals surface area contributed by atoms with Crippen LogP contribution in [0.1, 0.15) is 35.6 Å². The summed E-state index contributed by atoms with van der Waals surface area (Å²) in [7, 11) is 0. The van der Waals surface area contributed by atoms with E-state index in [1.807, 2.05) is 18.2 Å². The molecule has 0 radical (unpaired) electrons. The summed E-state index contributed by atoms with van der Waals surface area (Å²) in [5.41, 5.74) is 2.94. The molecule has 4 rings (SSSR count). The number of carboxylic acid groups (broad SMARTS) is 1. The van der Waals surface area contributed by atoms with Gasteiger partial charge in [-0.05, 0) is 59.1 Å². The summed E-state index contributed by atoms with van der Waals surface area (Å²) >= 11 is 0. The van der Waals surface area contributed by atoms with Gasteiger partial charge in [-0.1, -0.05) is 30.3 Å². The molecule has 1 unspecified atom stereocenters. The molecule has 0 aliphatic heterocycles. The monoisotopic (exact) mass is 347 g/mol. The van der Waals surface area contributed by atoms with Crippen LogP contribution in [0.3, 0.4) is 0 Å². The fourth-order valence-electron chi connectivity index (χ4n) is 3.86. The van der Waals surface area contributed by atoms with Crippen LogP contribution in [0, 0.1) is 5.41 Å². The number of halogens is 3. The molecule has 2 aromatic carbocycles. The first-order valence-electron chi connectivity index (χ1n) is 8.08. The highest BCUT2D eigenvalue weighted by Crippen LogP contribution is 2.62. The number of alkyl halides is 3. The molecule has 3 nitrogen and oxygen atoms in total. The third-order valence-corrected chi connectivity index (χ3v) is 5.31. The fraction of sp³-hybridized carbons (Fsp3) is 0.316. The van der Waals surface area contributed by atoms with Crippen molar-refractivity contribution in [1.82, 2.24) is 5.32 Å². The van der Waals surface area contributed by atoms with Gasteiger partial charge in [-0.25, -0.2) is 4.79 Å². The van der Waals surface area contributed by atoms with Crippen LogP contribution in [0.15, 0.2) is 42.5 Å². The normalized spacial score (nSPS) is 20.4. The van der Waals surface area contributed by atoms with Crippen LogP contribution in [0.5, 0.6) is 0 Å². The average Bonchev–Trinajstić information content (AvgIpc) is 3.26. The maximum atomic E-state index is 12.7. The predicted octanol–water partition coefficient (Wildman–Crippen LogP) is 5.02. The number of nitrogens with one attached hydrogen (secondary N) is 1. The average molecular weight is 347 g/mol. The van der Waals surface area contributed by atoms with Gasteiger partial charge in [0.15, 0.2) is 0 Å².